The summed E-state index contributed by atoms with van der Waals surface area (Å²) in [6.45, 7) is 5.20. The minimum atomic E-state index is -5.08. The van der Waals surface area contributed by atoms with Gasteiger partial charge >= 0.3 is 12.1 Å². The lowest BCUT2D eigenvalue weighted by molar-refractivity contribution is -0.192. The summed E-state index contributed by atoms with van der Waals surface area (Å²) < 4.78 is 48.7. The topological polar surface area (TPSA) is 92.5 Å². The molecule has 0 radical (unpaired) electrons. The minimum absolute atomic E-state index is 0.116. The third-order valence-electron chi connectivity index (χ3n) is 5.94. The zero-order valence-corrected chi connectivity index (χ0v) is 17.8. The Morgan fingerprint density at radius 1 is 1.19 bits per heavy atom. The fourth-order valence-electron chi connectivity index (χ4n) is 4.29. The third-order valence-corrected chi connectivity index (χ3v) is 5.94. The molecule has 11 heteroatoms. The van der Waals surface area contributed by atoms with E-state index in [1.54, 1.807) is 12.5 Å². The largest absolute Gasteiger partial charge is 0.490 e. The molecule has 180 valence electrons. The van der Waals surface area contributed by atoms with Crippen LogP contribution in [0.4, 0.5) is 13.2 Å². The normalized spacial score (nSPS) is 24.5. The van der Waals surface area contributed by atoms with Crippen LogP contribution in [0.3, 0.4) is 0 Å². The quantitative estimate of drug-likeness (QED) is 0.719. The van der Waals surface area contributed by atoms with Crippen LogP contribution in [0, 0.1) is 5.92 Å². The lowest BCUT2D eigenvalue weighted by atomic mass is 10.1. The van der Waals surface area contributed by atoms with Crippen molar-refractivity contribution >= 4 is 11.9 Å². The molecular formula is C21H29F3N2O6. The van der Waals surface area contributed by atoms with Crippen molar-refractivity contribution in [2.75, 3.05) is 39.4 Å². The second-order valence-corrected chi connectivity index (χ2v) is 8.36. The van der Waals surface area contributed by atoms with Gasteiger partial charge in [0, 0.05) is 44.2 Å². The van der Waals surface area contributed by atoms with Crippen molar-refractivity contribution in [1.82, 2.24) is 9.80 Å². The molecule has 1 aromatic heterocycles. The van der Waals surface area contributed by atoms with E-state index in [1.807, 2.05) is 11.0 Å². The lowest BCUT2D eigenvalue weighted by Crippen LogP contribution is -2.35. The number of carbonyl (C=O) groups is 2. The van der Waals surface area contributed by atoms with Crippen LogP contribution in [0.15, 0.2) is 23.0 Å². The first kappa shape index (κ1) is 24.5. The van der Waals surface area contributed by atoms with E-state index in [2.05, 4.69) is 4.90 Å². The molecule has 32 heavy (non-hydrogen) atoms. The summed E-state index contributed by atoms with van der Waals surface area (Å²) in [6.07, 6.45) is 3.54. The molecule has 0 bridgehead atoms. The first-order chi connectivity index (χ1) is 15.2. The summed E-state index contributed by atoms with van der Waals surface area (Å²) in [4.78, 5) is 25.7. The maximum absolute atomic E-state index is 12.5. The molecule has 0 aromatic carbocycles. The first-order valence-corrected chi connectivity index (χ1v) is 10.8. The van der Waals surface area contributed by atoms with Crippen LogP contribution in [0.25, 0.3) is 0 Å². The van der Waals surface area contributed by atoms with E-state index in [1.165, 1.54) is 18.4 Å². The van der Waals surface area contributed by atoms with Gasteiger partial charge in [0.2, 0.25) is 5.91 Å². The predicted octanol–water partition coefficient (Wildman–Crippen LogP) is 2.53. The number of fused-ring (bicyclic) bond motifs is 1. The maximum Gasteiger partial charge on any atom is 0.490 e. The van der Waals surface area contributed by atoms with E-state index < -0.39 is 12.1 Å². The Kier molecular flexibility index (Phi) is 8.55. The van der Waals surface area contributed by atoms with Gasteiger partial charge in [-0.3, -0.25) is 9.69 Å². The predicted molar refractivity (Wildman–Crippen MR) is 106 cm³/mol. The van der Waals surface area contributed by atoms with Crippen molar-refractivity contribution in [1.29, 1.82) is 0 Å². The summed E-state index contributed by atoms with van der Waals surface area (Å²) in [5.41, 5.74) is 1.19. The Hall–Kier alpha value is -2.11. The number of aliphatic carboxylic acids is 1. The summed E-state index contributed by atoms with van der Waals surface area (Å²) in [7, 11) is 0. The summed E-state index contributed by atoms with van der Waals surface area (Å²) in [5.74, 6) is -2.26. The number of rotatable bonds is 5. The smallest absolute Gasteiger partial charge is 0.475 e. The Labute approximate surface area is 184 Å². The zero-order chi connectivity index (χ0) is 23.1. The van der Waals surface area contributed by atoms with Crippen LogP contribution >= 0.6 is 0 Å². The van der Waals surface area contributed by atoms with Gasteiger partial charge in [-0.25, -0.2) is 4.79 Å². The second-order valence-electron chi connectivity index (χ2n) is 8.36. The molecule has 1 aliphatic carbocycles. The number of amides is 1. The van der Waals surface area contributed by atoms with Crippen LogP contribution in [0.2, 0.25) is 0 Å². The highest BCUT2D eigenvalue weighted by atomic mass is 19.4. The number of hydrogen-bond donors (Lipinski definition) is 1. The molecule has 3 fully saturated rings. The number of hydrogen-bond acceptors (Lipinski definition) is 6. The summed E-state index contributed by atoms with van der Waals surface area (Å²) in [6, 6.07) is 2.01. The molecule has 8 nitrogen and oxygen atoms in total. The molecule has 0 unspecified atom stereocenters. The van der Waals surface area contributed by atoms with Gasteiger partial charge in [-0.1, -0.05) is 12.8 Å². The number of likely N-dealkylation sites (tertiary alicyclic amines) is 1. The number of halogens is 3. The Morgan fingerprint density at radius 2 is 1.91 bits per heavy atom. The molecule has 2 saturated heterocycles. The molecule has 4 rings (SSSR count). The number of carboxylic acid groups (broad SMARTS) is 1. The van der Waals surface area contributed by atoms with Gasteiger partial charge in [0.1, 0.15) is 6.61 Å². The molecule has 3 aliphatic rings. The van der Waals surface area contributed by atoms with Gasteiger partial charge in [0.15, 0.2) is 0 Å². The van der Waals surface area contributed by atoms with Crippen molar-refractivity contribution < 1.29 is 41.8 Å². The van der Waals surface area contributed by atoms with Crippen LogP contribution in [0.1, 0.15) is 31.2 Å². The fraction of sp³-hybridized carbons (Fsp3) is 0.714. The average Bonchev–Trinajstić information content (AvgIpc) is 3.47. The maximum atomic E-state index is 12.5. The molecular weight excluding hydrogens is 433 g/mol. The molecule has 1 saturated carbocycles. The number of carboxylic acids is 1. The van der Waals surface area contributed by atoms with Gasteiger partial charge < -0.3 is 23.9 Å². The highest BCUT2D eigenvalue weighted by molar-refractivity contribution is 5.77. The van der Waals surface area contributed by atoms with E-state index in [-0.39, 0.29) is 18.6 Å². The minimum Gasteiger partial charge on any atom is -0.475 e. The highest BCUT2D eigenvalue weighted by Crippen LogP contribution is 2.25. The molecule has 2 atom stereocenters. The fourth-order valence-corrected chi connectivity index (χ4v) is 4.29. The monoisotopic (exact) mass is 462 g/mol. The molecule has 1 aromatic rings. The van der Waals surface area contributed by atoms with Gasteiger partial charge in [-0.05, 0) is 18.9 Å². The van der Waals surface area contributed by atoms with Gasteiger partial charge in [0.05, 0.1) is 31.3 Å². The third kappa shape index (κ3) is 7.21. The number of ether oxygens (including phenoxy) is 2. The number of furan rings is 1. The standard InChI is InChI=1S/C19H28N2O4.C2HF3O2/c22-19(14-25-17-3-1-2-4-17)21-11-16-10-20(6-8-24-18(16)12-21)9-15-5-7-23-13-15;3-2(4,5)1(6)7/h5,7,13,16-18H,1-4,6,8-12,14H2;(H,6,7)/t16-,18+;/m0./s1. The van der Waals surface area contributed by atoms with Crippen LogP contribution in [-0.2, 0) is 25.6 Å². The van der Waals surface area contributed by atoms with Crippen molar-refractivity contribution in [2.45, 2.75) is 50.6 Å². The molecule has 3 heterocycles. The lowest BCUT2D eigenvalue weighted by Gasteiger charge is -2.23. The van der Waals surface area contributed by atoms with Crippen molar-refractivity contribution in [2.24, 2.45) is 5.92 Å². The Balaban J connectivity index is 0.000000360. The van der Waals surface area contributed by atoms with Gasteiger partial charge in [-0.15, -0.1) is 0 Å². The van der Waals surface area contributed by atoms with E-state index in [9.17, 15) is 18.0 Å². The van der Waals surface area contributed by atoms with Gasteiger partial charge in [-0.2, -0.15) is 13.2 Å². The van der Waals surface area contributed by atoms with E-state index in [4.69, 9.17) is 23.8 Å². The molecule has 2 aliphatic heterocycles. The van der Waals surface area contributed by atoms with E-state index >= 15 is 0 Å². The van der Waals surface area contributed by atoms with E-state index in [0.29, 0.717) is 18.6 Å². The Morgan fingerprint density at radius 3 is 2.53 bits per heavy atom. The van der Waals surface area contributed by atoms with Crippen molar-refractivity contribution in [3.8, 4) is 0 Å². The number of alkyl halides is 3. The Bertz CT molecular complexity index is 736. The zero-order valence-electron chi connectivity index (χ0n) is 17.8. The van der Waals surface area contributed by atoms with Gasteiger partial charge in [0.25, 0.3) is 0 Å². The van der Waals surface area contributed by atoms with Crippen LogP contribution in [-0.4, -0.2) is 84.6 Å². The number of carbonyl (C=O) groups excluding carboxylic acids is 1. The van der Waals surface area contributed by atoms with E-state index in [0.717, 1.165) is 45.6 Å². The van der Waals surface area contributed by atoms with Crippen molar-refractivity contribution in [3.63, 3.8) is 0 Å². The second kappa shape index (κ2) is 11.2. The SMILES string of the molecule is O=C(COC1CCCC1)N1C[C@@H]2CN(Cc3ccoc3)CCO[C@@H]2C1.O=C(O)C(F)(F)F. The molecule has 1 N–H and O–H groups in total. The van der Waals surface area contributed by atoms with Crippen LogP contribution in [0.5, 0.6) is 0 Å². The molecule has 1 amide bonds. The first-order valence-electron chi connectivity index (χ1n) is 10.8. The highest BCUT2D eigenvalue weighted by Gasteiger charge is 2.39. The molecule has 0 spiro atoms. The van der Waals surface area contributed by atoms with Crippen LogP contribution < -0.4 is 0 Å². The summed E-state index contributed by atoms with van der Waals surface area (Å²) in [5, 5.41) is 7.12. The average molecular weight is 462 g/mol. The van der Waals surface area contributed by atoms with Crippen molar-refractivity contribution in [3.05, 3.63) is 24.2 Å². The summed E-state index contributed by atoms with van der Waals surface area (Å²) >= 11 is 0. The number of nitrogens with zero attached hydrogens (tertiary/aromatic N) is 2.